The van der Waals surface area contributed by atoms with Gasteiger partial charge in [-0.05, 0) is 29.8 Å². The molecule has 25 heavy (non-hydrogen) atoms. The summed E-state index contributed by atoms with van der Waals surface area (Å²) in [6, 6.07) is 14.9. The topological polar surface area (TPSA) is 118 Å². The van der Waals surface area contributed by atoms with E-state index in [1.54, 1.807) is 42.5 Å². The number of para-hydroxylation sites is 1. The third kappa shape index (κ3) is 5.44. The van der Waals surface area contributed by atoms with Gasteiger partial charge in [0.2, 0.25) is 0 Å². The number of carbonyl (C=O) groups is 1. The Hall–Kier alpha value is -3.73. The van der Waals surface area contributed by atoms with Crippen LogP contribution in [0.2, 0.25) is 0 Å². The molecule has 1 N–H and O–H groups in total. The van der Waals surface area contributed by atoms with Gasteiger partial charge in [0.15, 0.2) is 0 Å². The highest BCUT2D eigenvalue weighted by molar-refractivity contribution is 5.85. The highest BCUT2D eigenvalue weighted by Crippen LogP contribution is 2.18. The molecule has 2 aromatic carbocycles. The Morgan fingerprint density at radius 3 is 2.68 bits per heavy atom. The minimum atomic E-state index is -0.497. The van der Waals surface area contributed by atoms with Gasteiger partial charge in [-0.3, -0.25) is 14.9 Å². The molecule has 1 amide bonds. The zero-order valence-corrected chi connectivity index (χ0v) is 13.1. The third-order valence-corrected chi connectivity index (χ3v) is 3.09. The summed E-state index contributed by atoms with van der Waals surface area (Å²) in [6.07, 6.45) is 1.15. The van der Waals surface area contributed by atoms with Crippen LogP contribution < -0.4 is 10.2 Å². The molecule has 2 rings (SSSR count). The van der Waals surface area contributed by atoms with Crippen LogP contribution in [-0.2, 0) is 11.4 Å². The van der Waals surface area contributed by atoms with Crippen LogP contribution in [0, 0.1) is 21.4 Å². The van der Waals surface area contributed by atoms with Crippen LogP contribution >= 0.6 is 0 Å². The van der Waals surface area contributed by atoms with Gasteiger partial charge in [-0.1, -0.05) is 12.1 Å². The number of nitrogens with zero attached hydrogens (tertiary/aromatic N) is 3. The third-order valence-electron chi connectivity index (χ3n) is 3.09. The number of hydrazone groups is 1. The standard InChI is InChI=1S/C17H14N4O4/c18-10-9-17(22)20-19-11-14-3-1-2-4-16(14)25-12-13-5-7-15(8-6-13)21(23)24/h1-8,11H,9,12H2,(H,20,22)/b19-11+. The number of nitrogens with one attached hydrogen (secondary N) is 1. The van der Waals surface area contributed by atoms with E-state index in [9.17, 15) is 14.9 Å². The van der Waals surface area contributed by atoms with Crippen molar-refractivity contribution in [2.75, 3.05) is 0 Å². The second-order valence-corrected chi connectivity index (χ2v) is 4.88. The Balaban J connectivity index is 2.00. The number of rotatable bonds is 7. The number of carbonyl (C=O) groups excluding carboxylic acids is 1. The molecule has 0 fully saturated rings. The van der Waals surface area contributed by atoms with Gasteiger partial charge >= 0.3 is 0 Å². The quantitative estimate of drug-likeness (QED) is 0.473. The maximum atomic E-state index is 11.2. The summed E-state index contributed by atoms with van der Waals surface area (Å²) < 4.78 is 5.70. The zero-order chi connectivity index (χ0) is 18.1. The Kier molecular flexibility index (Phi) is 6.19. The number of nitro benzene ring substituents is 1. The van der Waals surface area contributed by atoms with Crippen molar-refractivity contribution >= 4 is 17.8 Å². The molecule has 0 aromatic heterocycles. The predicted molar refractivity (Wildman–Crippen MR) is 89.8 cm³/mol. The van der Waals surface area contributed by atoms with Gasteiger partial charge in [0.1, 0.15) is 18.8 Å². The maximum absolute atomic E-state index is 11.2. The average molecular weight is 338 g/mol. The number of benzene rings is 2. The highest BCUT2D eigenvalue weighted by Gasteiger charge is 2.06. The average Bonchev–Trinajstić information content (AvgIpc) is 2.61. The summed E-state index contributed by atoms with van der Waals surface area (Å²) in [6.45, 7) is 0.226. The first-order valence-corrected chi connectivity index (χ1v) is 7.24. The van der Waals surface area contributed by atoms with Gasteiger partial charge in [0, 0.05) is 17.7 Å². The predicted octanol–water partition coefficient (Wildman–Crippen LogP) is 2.54. The number of hydrogen-bond acceptors (Lipinski definition) is 6. The van der Waals surface area contributed by atoms with E-state index in [0.29, 0.717) is 11.3 Å². The van der Waals surface area contributed by atoms with E-state index in [2.05, 4.69) is 10.5 Å². The molecule has 0 radical (unpaired) electrons. The molecule has 0 saturated heterocycles. The number of nitriles is 1. The minimum absolute atomic E-state index is 0.0180. The fourth-order valence-electron chi connectivity index (χ4n) is 1.88. The summed E-state index contributed by atoms with van der Waals surface area (Å²) >= 11 is 0. The molecule has 0 spiro atoms. The maximum Gasteiger partial charge on any atom is 0.269 e. The number of non-ortho nitro benzene ring substituents is 1. The van der Waals surface area contributed by atoms with Crippen molar-refractivity contribution in [1.82, 2.24) is 5.43 Å². The molecular formula is C17H14N4O4. The first-order chi connectivity index (χ1) is 12.1. The fourth-order valence-corrected chi connectivity index (χ4v) is 1.88. The summed E-state index contributed by atoms with van der Waals surface area (Å²) in [4.78, 5) is 21.4. The van der Waals surface area contributed by atoms with Gasteiger partial charge in [-0.2, -0.15) is 10.4 Å². The summed E-state index contributed by atoms with van der Waals surface area (Å²) in [5, 5.41) is 22.8. The van der Waals surface area contributed by atoms with Crippen LogP contribution in [0.5, 0.6) is 5.75 Å². The molecule has 8 heteroatoms. The van der Waals surface area contributed by atoms with Crippen molar-refractivity contribution in [3.8, 4) is 11.8 Å². The van der Waals surface area contributed by atoms with Gasteiger partial charge in [0.25, 0.3) is 11.6 Å². The molecule has 0 heterocycles. The van der Waals surface area contributed by atoms with E-state index in [1.807, 2.05) is 0 Å². The van der Waals surface area contributed by atoms with E-state index in [4.69, 9.17) is 10.00 Å². The minimum Gasteiger partial charge on any atom is -0.488 e. The molecule has 126 valence electrons. The Morgan fingerprint density at radius 2 is 2.00 bits per heavy atom. The number of nitro groups is 1. The molecule has 0 unspecified atom stereocenters. The van der Waals surface area contributed by atoms with Gasteiger partial charge in [-0.25, -0.2) is 5.43 Å². The summed E-state index contributed by atoms with van der Waals surface area (Å²) in [5.41, 5.74) is 3.67. The Morgan fingerprint density at radius 1 is 1.28 bits per heavy atom. The first-order valence-electron chi connectivity index (χ1n) is 7.24. The van der Waals surface area contributed by atoms with Gasteiger partial charge < -0.3 is 4.74 Å². The number of ether oxygens (including phenoxy) is 1. The van der Waals surface area contributed by atoms with E-state index < -0.39 is 10.8 Å². The van der Waals surface area contributed by atoms with Crippen molar-refractivity contribution in [3.63, 3.8) is 0 Å². The summed E-state index contributed by atoms with van der Waals surface area (Å²) in [5.74, 6) is 0.0437. The van der Waals surface area contributed by atoms with Crippen molar-refractivity contribution in [2.24, 2.45) is 5.10 Å². The fraction of sp³-hybridized carbons (Fsp3) is 0.118. The molecule has 2 aromatic rings. The molecule has 0 aliphatic heterocycles. The molecule has 8 nitrogen and oxygen atoms in total. The molecule has 0 aliphatic carbocycles. The normalized spacial score (nSPS) is 10.2. The zero-order valence-electron chi connectivity index (χ0n) is 13.1. The SMILES string of the molecule is N#CCC(=O)N/N=C/c1ccccc1OCc1ccc([N+](=O)[O-])cc1. The van der Waals surface area contributed by atoms with Crippen LogP contribution in [0.4, 0.5) is 5.69 Å². The lowest BCUT2D eigenvalue weighted by atomic mass is 10.2. The van der Waals surface area contributed by atoms with E-state index in [0.717, 1.165) is 5.56 Å². The second-order valence-electron chi connectivity index (χ2n) is 4.88. The molecule has 0 saturated carbocycles. The van der Waals surface area contributed by atoms with Crippen LogP contribution in [-0.4, -0.2) is 17.0 Å². The van der Waals surface area contributed by atoms with Gasteiger partial charge in [-0.15, -0.1) is 0 Å². The van der Waals surface area contributed by atoms with E-state index in [-0.39, 0.29) is 18.7 Å². The van der Waals surface area contributed by atoms with Crippen LogP contribution in [0.25, 0.3) is 0 Å². The Labute approximate surface area is 143 Å². The molecule has 0 aliphatic rings. The lowest BCUT2D eigenvalue weighted by Crippen LogP contribution is -2.16. The lowest BCUT2D eigenvalue weighted by Gasteiger charge is -2.09. The molecule has 0 atom stereocenters. The monoisotopic (exact) mass is 338 g/mol. The first kappa shape index (κ1) is 17.6. The number of amides is 1. The van der Waals surface area contributed by atoms with Crippen molar-refractivity contribution < 1.29 is 14.5 Å². The lowest BCUT2D eigenvalue weighted by molar-refractivity contribution is -0.384. The Bertz CT molecular complexity index is 825. The second kappa shape index (κ2) is 8.79. The molecule has 0 bridgehead atoms. The highest BCUT2D eigenvalue weighted by atomic mass is 16.6. The van der Waals surface area contributed by atoms with Crippen LogP contribution in [0.1, 0.15) is 17.5 Å². The van der Waals surface area contributed by atoms with Crippen molar-refractivity contribution in [3.05, 3.63) is 69.8 Å². The van der Waals surface area contributed by atoms with Crippen molar-refractivity contribution in [1.29, 1.82) is 5.26 Å². The van der Waals surface area contributed by atoms with E-state index >= 15 is 0 Å². The van der Waals surface area contributed by atoms with Crippen LogP contribution in [0.15, 0.2) is 53.6 Å². The smallest absolute Gasteiger partial charge is 0.269 e. The summed E-state index contributed by atoms with van der Waals surface area (Å²) in [7, 11) is 0. The largest absolute Gasteiger partial charge is 0.488 e. The van der Waals surface area contributed by atoms with Crippen LogP contribution in [0.3, 0.4) is 0 Å². The van der Waals surface area contributed by atoms with Gasteiger partial charge in [0.05, 0.1) is 17.2 Å². The van der Waals surface area contributed by atoms with Crippen molar-refractivity contribution in [2.45, 2.75) is 13.0 Å². The number of hydrogen-bond donors (Lipinski definition) is 1. The van der Waals surface area contributed by atoms with E-state index in [1.165, 1.54) is 18.3 Å². The molecular weight excluding hydrogens is 324 g/mol.